The third-order valence-electron chi connectivity index (χ3n) is 1.07. The zero-order valence-electron chi connectivity index (χ0n) is 9.51. The first-order chi connectivity index (χ1) is 7.25. The summed E-state index contributed by atoms with van der Waals surface area (Å²) in [5.41, 5.74) is 0. The van der Waals surface area contributed by atoms with Gasteiger partial charge in [-0.05, 0) is 25.7 Å². The summed E-state index contributed by atoms with van der Waals surface area (Å²) < 4.78 is 0. The largest absolute Gasteiger partial charge is 2.00 e. The van der Waals surface area contributed by atoms with Gasteiger partial charge in [-0.15, -0.1) is 0 Å². The van der Waals surface area contributed by atoms with Crippen molar-refractivity contribution in [2.24, 2.45) is 0 Å². The van der Waals surface area contributed by atoms with Crippen molar-refractivity contribution in [1.82, 2.24) is 0 Å². The second-order valence-corrected chi connectivity index (χ2v) is 2.49. The van der Waals surface area contributed by atoms with E-state index in [9.17, 15) is 39.6 Å². The molecule has 0 rings (SSSR count). The number of aliphatic carboxylic acids is 4. The molecule has 0 atom stereocenters. The number of hydrogen-bond acceptors (Lipinski definition) is 8. The minimum atomic E-state index is -1.37. The number of carbonyl (C=O) groups excluding carboxylic acids is 4. The molecule has 0 aromatic heterocycles. The van der Waals surface area contributed by atoms with Crippen molar-refractivity contribution in [1.29, 1.82) is 0 Å². The number of carboxylic acids is 4. The van der Waals surface area contributed by atoms with Gasteiger partial charge in [0.2, 0.25) is 0 Å². The van der Waals surface area contributed by atoms with Gasteiger partial charge >= 0.3 is 91.0 Å². The normalized spacial score (nSPS) is 7.56. The van der Waals surface area contributed by atoms with Gasteiger partial charge in [0.1, 0.15) is 0 Å². The fourth-order valence-corrected chi connectivity index (χ4v) is 0.408. The summed E-state index contributed by atoms with van der Waals surface area (Å²) in [5, 5.41) is 38.0. The Labute approximate surface area is 177 Å². The van der Waals surface area contributed by atoms with E-state index in [1.807, 2.05) is 0 Å². The maximum absolute atomic E-state index is 9.50. The van der Waals surface area contributed by atoms with Crippen molar-refractivity contribution in [2.45, 2.75) is 25.7 Å². The van der Waals surface area contributed by atoms with E-state index in [0.717, 1.165) is 0 Å². The number of carbonyl (C=O) groups is 4. The second-order valence-electron chi connectivity index (χ2n) is 2.49. The Balaban J connectivity index is -0.0000000980. The van der Waals surface area contributed by atoms with Gasteiger partial charge in [0.05, 0.1) is 0 Å². The predicted octanol–water partition coefficient (Wildman–Crippen LogP) is -6.23. The molecule has 0 heterocycles. The van der Waals surface area contributed by atoms with Crippen LogP contribution >= 0.6 is 0 Å². The molecule has 0 aliphatic heterocycles. The third-order valence-corrected chi connectivity index (χ3v) is 1.07. The molecule has 18 heavy (non-hydrogen) atoms. The third kappa shape index (κ3) is 36.0. The van der Waals surface area contributed by atoms with Gasteiger partial charge in [0.25, 0.3) is 0 Å². The molecule has 0 aliphatic rings. The Bertz CT molecular complexity index is 222. The second kappa shape index (κ2) is 17.8. The minimum absolute atomic E-state index is 0. The Morgan fingerprint density at radius 1 is 0.500 bits per heavy atom. The first kappa shape index (κ1) is 27.2. The van der Waals surface area contributed by atoms with Crippen LogP contribution in [0.15, 0.2) is 0 Å². The van der Waals surface area contributed by atoms with Gasteiger partial charge in [0, 0.05) is 23.9 Å². The maximum Gasteiger partial charge on any atom is 2.00 e. The van der Waals surface area contributed by atoms with Gasteiger partial charge in [-0.3, -0.25) is 0 Å². The van der Waals surface area contributed by atoms with Crippen LogP contribution in [0.4, 0.5) is 0 Å². The molecule has 0 amide bonds. The monoisotopic (exact) mass is 408 g/mol. The standard InChI is InChI=1S/2C4H6O4.2Sr/c2*5-3(6)1-2-4(7)8;;/h2*1-2H2,(H,5,6)(H,7,8);;/q;;2*+2/p-4. The van der Waals surface area contributed by atoms with E-state index in [1.54, 1.807) is 0 Å². The molecule has 0 spiro atoms. The summed E-state index contributed by atoms with van der Waals surface area (Å²) in [6, 6.07) is 0. The number of hydrogen-bond donors (Lipinski definition) is 0. The van der Waals surface area contributed by atoms with Crippen LogP contribution in [0.1, 0.15) is 25.7 Å². The molecule has 0 saturated heterocycles. The van der Waals surface area contributed by atoms with Gasteiger partial charge < -0.3 is 39.6 Å². The fraction of sp³-hybridized carbons (Fsp3) is 0.500. The van der Waals surface area contributed by atoms with Crippen LogP contribution < -0.4 is 20.4 Å². The van der Waals surface area contributed by atoms with Crippen LogP contribution in [0.2, 0.25) is 0 Å². The maximum atomic E-state index is 9.50. The Kier molecular flexibility index (Phi) is 27.0. The van der Waals surface area contributed by atoms with E-state index in [2.05, 4.69) is 0 Å². The summed E-state index contributed by atoms with van der Waals surface area (Å²) >= 11 is 0. The Hall–Kier alpha value is 0.841. The molecular formula is C8H8O8Sr2. The van der Waals surface area contributed by atoms with Crippen molar-refractivity contribution in [2.75, 3.05) is 0 Å². The molecule has 0 bridgehead atoms. The fourth-order valence-electron chi connectivity index (χ4n) is 0.408. The van der Waals surface area contributed by atoms with Crippen LogP contribution in [-0.4, -0.2) is 115 Å². The quantitative estimate of drug-likeness (QED) is 0.393. The van der Waals surface area contributed by atoms with Crippen LogP contribution in [0.25, 0.3) is 0 Å². The van der Waals surface area contributed by atoms with Crippen LogP contribution in [0.5, 0.6) is 0 Å². The predicted molar refractivity (Wildman–Crippen MR) is 50.0 cm³/mol. The van der Waals surface area contributed by atoms with E-state index in [-0.39, 0.29) is 91.0 Å². The molecule has 0 aromatic rings. The molecule has 0 radical (unpaired) electrons. The molecule has 0 unspecified atom stereocenters. The van der Waals surface area contributed by atoms with Gasteiger partial charge in [0.15, 0.2) is 0 Å². The van der Waals surface area contributed by atoms with Gasteiger partial charge in [-0.2, -0.15) is 0 Å². The summed E-state index contributed by atoms with van der Waals surface area (Å²) in [7, 11) is 0. The van der Waals surface area contributed by atoms with E-state index in [4.69, 9.17) is 0 Å². The van der Waals surface area contributed by atoms with Crippen LogP contribution in [-0.2, 0) is 19.2 Å². The molecule has 0 fully saturated rings. The summed E-state index contributed by atoms with van der Waals surface area (Å²) in [6.45, 7) is 0. The van der Waals surface area contributed by atoms with Gasteiger partial charge in [-0.1, -0.05) is 0 Å². The first-order valence-electron chi connectivity index (χ1n) is 4.05. The van der Waals surface area contributed by atoms with Crippen molar-refractivity contribution in [3.05, 3.63) is 0 Å². The van der Waals surface area contributed by atoms with Crippen molar-refractivity contribution < 1.29 is 39.6 Å². The zero-order chi connectivity index (χ0) is 13.1. The van der Waals surface area contributed by atoms with Crippen molar-refractivity contribution in [3.8, 4) is 0 Å². The molecular weight excluding hydrogens is 399 g/mol. The average Bonchev–Trinajstić information content (AvgIpc) is 2.12. The van der Waals surface area contributed by atoms with Crippen LogP contribution in [0, 0.1) is 0 Å². The molecule has 8 nitrogen and oxygen atoms in total. The van der Waals surface area contributed by atoms with Crippen molar-refractivity contribution >= 4 is 115 Å². The zero-order valence-corrected chi connectivity index (χ0v) is 16.5. The summed E-state index contributed by atoms with van der Waals surface area (Å²) in [4.78, 5) is 38.0. The van der Waals surface area contributed by atoms with Crippen molar-refractivity contribution in [3.63, 3.8) is 0 Å². The first-order valence-corrected chi connectivity index (χ1v) is 4.05. The van der Waals surface area contributed by atoms with Gasteiger partial charge in [-0.25, -0.2) is 0 Å². The summed E-state index contributed by atoms with van der Waals surface area (Å²) in [5.74, 6) is -5.47. The SMILES string of the molecule is O=C([O-])CCC(=O)[O-].O=C([O-])CCC(=O)[O-].[Sr+2].[Sr+2]. The molecule has 10 heteroatoms. The van der Waals surface area contributed by atoms with E-state index >= 15 is 0 Å². The number of carboxylic acid groups (broad SMARTS) is 4. The molecule has 92 valence electrons. The van der Waals surface area contributed by atoms with Crippen LogP contribution in [0.3, 0.4) is 0 Å². The van der Waals surface area contributed by atoms with E-state index < -0.39 is 49.6 Å². The molecule has 0 saturated carbocycles. The molecule has 0 aromatic carbocycles. The van der Waals surface area contributed by atoms with E-state index in [0.29, 0.717) is 0 Å². The number of rotatable bonds is 6. The molecule has 0 N–H and O–H groups in total. The Morgan fingerprint density at radius 3 is 0.667 bits per heavy atom. The minimum Gasteiger partial charge on any atom is -0.550 e. The average molecular weight is 407 g/mol. The topological polar surface area (TPSA) is 161 Å². The smallest absolute Gasteiger partial charge is 0.550 e. The molecule has 0 aliphatic carbocycles. The summed E-state index contributed by atoms with van der Waals surface area (Å²) in [6.07, 6.45) is -1.88. The van der Waals surface area contributed by atoms with E-state index in [1.165, 1.54) is 0 Å². The Morgan fingerprint density at radius 2 is 0.611 bits per heavy atom.